The van der Waals surface area contributed by atoms with Crippen molar-refractivity contribution in [2.45, 2.75) is 12.3 Å². The van der Waals surface area contributed by atoms with Crippen LogP contribution in [0.2, 0.25) is 0 Å². The Morgan fingerprint density at radius 2 is 2.04 bits per heavy atom. The van der Waals surface area contributed by atoms with Gasteiger partial charge in [-0.05, 0) is 26.2 Å². The lowest BCUT2D eigenvalue weighted by Crippen LogP contribution is -2.29. The topological polar surface area (TPSA) is 118 Å². The molecule has 0 saturated heterocycles. The number of rotatable bonds is 10. The van der Waals surface area contributed by atoms with Gasteiger partial charge in [0.25, 0.3) is 6.20 Å². The van der Waals surface area contributed by atoms with Crippen LogP contribution in [0.4, 0.5) is 0 Å². The molecule has 0 fully saturated rings. The monoisotopic (exact) mass is 346 g/mol. The zero-order valence-corrected chi connectivity index (χ0v) is 14.2. The Bertz CT molecular complexity index is 651. The molecular weight excluding hydrogens is 324 g/mol. The third kappa shape index (κ3) is 7.66. The lowest BCUT2D eigenvalue weighted by Gasteiger charge is -2.08. The van der Waals surface area contributed by atoms with Crippen molar-refractivity contribution >= 4 is 9.84 Å². The highest BCUT2D eigenvalue weighted by Crippen LogP contribution is 2.13. The van der Waals surface area contributed by atoms with E-state index in [4.69, 9.17) is 4.42 Å². The maximum absolute atomic E-state index is 12.0. The Morgan fingerprint density at radius 1 is 1.39 bits per heavy atom. The summed E-state index contributed by atoms with van der Waals surface area (Å²) in [7, 11) is 1.91. The maximum Gasteiger partial charge on any atom is 0.274 e. The average Bonchev–Trinajstić information content (AvgIpc) is 2.82. The molecular formula is C13H22N4O5S. The Morgan fingerprint density at radius 3 is 2.61 bits per heavy atom. The summed E-state index contributed by atoms with van der Waals surface area (Å²) in [5.41, 5.74) is 0. The predicted molar refractivity (Wildman–Crippen MR) is 85.7 cm³/mol. The fourth-order valence-electron chi connectivity index (χ4n) is 1.83. The van der Waals surface area contributed by atoms with Crippen LogP contribution in [0.3, 0.4) is 0 Å². The van der Waals surface area contributed by atoms with Gasteiger partial charge in [-0.15, -0.1) is 0 Å². The highest BCUT2D eigenvalue weighted by molar-refractivity contribution is 7.90. The summed E-state index contributed by atoms with van der Waals surface area (Å²) >= 11 is 0. The van der Waals surface area contributed by atoms with Gasteiger partial charge in [0.05, 0.1) is 17.2 Å². The summed E-state index contributed by atoms with van der Waals surface area (Å²) in [4.78, 5) is 11.7. The van der Waals surface area contributed by atoms with Crippen molar-refractivity contribution in [1.82, 2.24) is 15.5 Å². The van der Waals surface area contributed by atoms with Crippen molar-refractivity contribution in [3.63, 3.8) is 0 Å². The van der Waals surface area contributed by atoms with Gasteiger partial charge in [0, 0.05) is 13.6 Å². The molecule has 130 valence electrons. The largest absolute Gasteiger partial charge is 0.464 e. The van der Waals surface area contributed by atoms with Gasteiger partial charge < -0.3 is 20.0 Å². The number of hydrogen-bond acceptors (Lipinski definition) is 8. The normalized spacial score (nSPS) is 12.4. The molecule has 0 bridgehead atoms. The zero-order chi connectivity index (χ0) is 17.5. The van der Waals surface area contributed by atoms with E-state index in [9.17, 15) is 18.5 Å². The van der Waals surface area contributed by atoms with Crippen molar-refractivity contribution in [2.24, 2.45) is 0 Å². The summed E-state index contributed by atoms with van der Waals surface area (Å²) in [6, 6.07) is 3.40. The number of nitrogens with zero attached hydrogens (tertiary/aromatic N) is 2. The summed E-state index contributed by atoms with van der Waals surface area (Å²) in [6.45, 7) is 0.660. The lowest BCUT2D eigenvalue weighted by atomic mass is 10.4. The Balaban J connectivity index is 2.53. The molecule has 2 N–H and O–H groups in total. The van der Waals surface area contributed by atoms with Gasteiger partial charge in [-0.3, -0.25) is 10.1 Å². The van der Waals surface area contributed by atoms with Gasteiger partial charge in [0.2, 0.25) is 0 Å². The number of sulfone groups is 1. The molecule has 0 atom stereocenters. The van der Waals surface area contributed by atoms with Gasteiger partial charge in [-0.2, -0.15) is 0 Å². The fourth-order valence-corrected chi connectivity index (χ4v) is 2.98. The molecule has 0 radical (unpaired) electrons. The van der Waals surface area contributed by atoms with Crippen LogP contribution < -0.4 is 10.6 Å². The molecule has 1 aromatic heterocycles. The molecule has 0 aliphatic carbocycles. The number of nitrogens with one attached hydrogen (secondary N) is 2. The molecule has 1 aromatic rings. The summed E-state index contributed by atoms with van der Waals surface area (Å²) in [6.07, 6.45) is 0.743. The first-order valence-corrected chi connectivity index (χ1v) is 8.73. The number of hydrogen-bond donors (Lipinski definition) is 2. The van der Waals surface area contributed by atoms with Crippen molar-refractivity contribution in [3.8, 4) is 0 Å². The first-order valence-electron chi connectivity index (χ1n) is 6.91. The molecule has 10 heteroatoms. The van der Waals surface area contributed by atoms with E-state index in [1.165, 1.54) is 7.05 Å². The summed E-state index contributed by atoms with van der Waals surface area (Å²) in [5.74, 6) is 0.876. The molecule has 9 nitrogen and oxygen atoms in total. The van der Waals surface area contributed by atoms with E-state index >= 15 is 0 Å². The molecule has 0 saturated carbocycles. The molecule has 0 aliphatic rings. The van der Waals surface area contributed by atoms with Crippen LogP contribution in [-0.4, -0.2) is 51.7 Å². The van der Waals surface area contributed by atoms with E-state index in [-0.39, 0.29) is 23.9 Å². The van der Waals surface area contributed by atoms with E-state index in [2.05, 4.69) is 10.6 Å². The minimum absolute atomic E-state index is 0.0636. The zero-order valence-electron chi connectivity index (χ0n) is 13.4. The van der Waals surface area contributed by atoms with E-state index in [1.54, 1.807) is 12.1 Å². The highest BCUT2D eigenvalue weighted by atomic mass is 32.2. The van der Waals surface area contributed by atoms with Gasteiger partial charge in [-0.1, -0.05) is 0 Å². The first-order chi connectivity index (χ1) is 10.7. The van der Waals surface area contributed by atoms with Gasteiger partial charge in [0.15, 0.2) is 15.7 Å². The third-order valence-corrected chi connectivity index (χ3v) is 4.33. The SMILES string of the molecule is CNC(=C[N+](=O)[O-])NCCS(=O)(=O)Cc1ccc(CN(C)C)o1. The minimum atomic E-state index is -3.38. The molecule has 1 heterocycles. The van der Waals surface area contributed by atoms with Crippen molar-refractivity contribution < 1.29 is 17.8 Å². The Kier molecular flexibility index (Phi) is 7.04. The maximum atomic E-state index is 12.0. The van der Waals surface area contributed by atoms with E-state index in [0.717, 1.165) is 6.20 Å². The molecule has 0 aromatic carbocycles. The van der Waals surface area contributed by atoms with Crippen molar-refractivity contribution in [3.05, 3.63) is 45.8 Å². The summed E-state index contributed by atoms with van der Waals surface area (Å²) in [5, 5.41) is 15.6. The lowest BCUT2D eigenvalue weighted by molar-refractivity contribution is -0.404. The molecule has 0 spiro atoms. The minimum Gasteiger partial charge on any atom is -0.464 e. The smallest absolute Gasteiger partial charge is 0.274 e. The van der Waals surface area contributed by atoms with E-state index in [1.807, 2.05) is 19.0 Å². The number of nitro groups is 1. The van der Waals surface area contributed by atoms with Crippen LogP contribution in [0.1, 0.15) is 11.5 Å². The standard InChI is InChI=1S/C13H22N4O5S/c1-14-13(9-17(18)19)15-6-7-23(20,21)10-12-5-4-11(22-12)8-16(2)3/h4-5,9,14-15H,6-8,10H2,1-3H3. The second-order valence-corrected chi connectivity index (χ2v) is 7.39. The highest BCUT2D eigenvalue weighted by Gasteiger charge is 2.15. The first kappa shape index (κ1) is 19.0. The molecule has 1 rings (SSSR count). The van der Waals surface area contributed by atoms with E-state index in [0.29, 0.717) is 18.1 Å². The second kappa shape index (κ2) is 8.53. The average molecular weight is 346 g/mol. The van der Waals surface area contributed by atoms with Crippen molar-refractivity contribution in [1.29, 1.82) is 0 Å². The summed E-state index contributed by atoms with van der Waals surface area (Å²) < 4.78 is 29.6. The molecule has 23 heavy (non-hydrogen) atoms. The fraction of sp³-hybridized carbons (Fsp3) is 0.538. The quantitative estimate of drug-likeness (QED) is 0.454. The van der Waals surface area contributed by atoms with Crippen LogP contribution in [0.25, 0.3) is 0 Å². The Labute approximate surface area is 135 Å². The van der Waals surface area contributed by atoms with Gasteiger partial charge >= 0.3 is 0 Å². The van der Waals surface area contributed by atoms with Gasteiger partial charge in [-0.25, -0.2) is 8.42 Å². The predicted octanol–water partition coefficient (Wildman–Crippen LogP) is 0.141. The van der Waals surface area contributed by atoms with Crippen LogP contribution in [0.15, 0.2) is 28.6 Å². The molecule has 0 amide bonds. The van der Waals surface area contributed by atoms with E-state index < -0.39 is 14.8 Å². The molecule has 0 unspecified atom stereocenters. The second-order valence-electron chi connectivity index (χ2n) is 5.20. The van der Waals surface area contributed by atoms with Crippen LogP contribution in [-0.2, 0) is 22.1 Å². The molecule has 0 aliphatic heterocycles. The number of furan rings is 1. The van der Waals surface area contributed by atoms with Crippen molar-refractivity contribution in [2.75, 3.05) is 33.4 Å². The Hall–Kier alpha value is -2.07. The third-order valence-electron chi connectivity index (χ3n) is 2.78. The van der Waals surface area contributed by atoms with Crippen LogP contribution in [0, 0.1) is 10.1 Å². The van der Waals surface area contributed by atoms with Gasteiger partial charge in [0.1, 0.15) is 17.3 Å². The van der Waals surface area contributed by atoms with Crippen LogP contribution in [0.5, 0.6) is 0 Å². The van der Waals surface area contributed by atoms with Crippen LogP contribution >= 0.6 is 0 Å².